The summed E-state index contributed by atoms with van der Waals surface area (Å²) in [5.74, 6) is -0.551. The van der Waals surface area contributed by atoms with Crippen molar-refractivity contribution in [3.05, 3.63) is 108 Å². The van der Waals surface area contributed by atoms with Crippen molar-refractivity contribution in [2.75, 3.05) is 40.5 Å². The average Bonchev–Trinajstić information content (AvgIpc) is 3.44. The van der Waals surface area contributed by atoms with Gasteiger partial charge < -0.3 is 24.4 Å². The summed E-state index contributed by atoms with van der Waals surface area (Å²) < 4.78 is 75.8. The highest BCUT2D eigenvalue weighted by Gasteiger charge is 2.32. The highest BCUT2D eigenvalue weighted by Crippen LogP contribution is 2.41. The number of likely N-dealkylation sites (N-methyl/N-ethyl adjacent to an activating group) is 1. The summed E-state index contributed by atoms with van der Waals surface area (Å²) in [7, 11) is 3.21. The van der Waals surface area contributed by atoms with E-state index in [0.29, 0.717) is 41.0 Å². The molecule has 0 bridgehead atoms. The second-order valence-electron chi connectivity index (χ2n) is 11.8. The van der Waals surface area contributed by atoms with Crippen LogP contribution < -0.4 is 10.1 Å². The monoisotopic (exact) mass is 694 g/mol. The molecule has 13 heteroatoms. The molecule has 2 amide bonds. The highest BCUT2D eigenvalue weighted by atomic mass is 19.4. The summed E-state index contributed by atoms with van der Waals surface area (Å²) in [4.78, 5) is 24.8. The Morgan fingerprint density at radius 1 is 1.02 bits per heavy atom. The minimum absolute atomic E-state index is 0.0261. The summed E-state index contributed by atoms with van der Waals surface area (Å²) in [5, 5.41) is 6.81. The number of carbonyl (C=O) groups is 2. The summed E-state index contributed by atoms with van der Waals surface area (Å²) in [6, 6.07) is 19.7. The maximum absolute atomic E-state index is 15.3. The van der Waals surface area contributed by atoms with E-state index < -0.39 is 30.9 Å². The molecule has 0 saturated carbocycles. The first-order chi connectivity index (χ1) is 24.0. The molecule has 1 N–H and O–H groups in total. The number of allylic oxidation sites excluding steroid dienone is 1. The molecule has 50 heavy (non-hydrogen) atoms. The smallest absolute Gasteiger partial charge is 0.407 e. The Hall–Kier alpha value is -5.17. The van der Waals surface area contributed by atoms with E-state index in [9.17, 15) is 22.8 Å². The van der Waals surface area contributed by atoms with Crippen LogP contribution in [0.1, 0.15) is 48.6 Å². The number of alkyl carbamates (subject to hydrolysis) is 1. The van der Waals surface area contributed by atoms with Crippen LogP contribution in [0.5, 0.6) is 5.75 Å². The van der Waals surface area contributed by atoms with Gasteiger partial charge in [0.2, 0.25) is 11.9 Å². The molecule has 3 aromatic carbocycles. The molecule has 4 aromatic rings. The zero-order valence-corrected chi connectivity index (χ0v) is 27.7. The summed E-state index contributed by atoms with van der Waals surface area (Å²) >= 11 is 0. The number of fused-ring (bicyclic) bond motifs is 1. The molecule has 0 spiro atoms. The lowest BCUT2D eigenvalue weighted by atomic mass is 9.87. The molecule has 1 unspecified atom stereocenters. The van der Waals surface area contributed by atoms with Gasteiger partial charge in [-0.05, 0) is 77.4 Å². The van der Waals surface area contributed by atoms with E-state index in [0.717, 1.165) is 12.8 Å². The Labute approximate surface area is 287 Å². The fourth-order valence-electron chi connectivity index (χ4n) is 5.60. The number of nitrogens with zero attached hydrogens (tertiary/aromatic N) is 3. The van der Waals surface area contributed by atoms with Gasteiger partial charge in [0.25, 0.3) is 0 Å². The molecule has 1 aliphatic heterocycles. The lowest BCUT2D eigenvalue weighted by molar-refractivity contribution is -0.124. The molecule has 1 aromatic heterocycles. The number of nitrogens with one attached hydrogen (secondary N) is 1. The molecule has 1 saturated heterocycles. The molecule has 9 nitrogen and oxygen atoms in total. The van der Waals surface area contributed by atoms with Crippen molar-refractivity contribution in [3.63, 3.8) is 0 Å². The van der Waals surface area contributed by atoms with Crippen molar-refractivity contribution < 1.29 is 41.4 Å². The van der Waals surface area contributed by atoms with Gasteiger partial charge >= 0.3 is 12.3 Å². The van der Waals surface area contributed by atoms with Gasteiger partial charge in [-0.15, -0.1) is 5.10 Å². The van der Waals surface area contributed by atoms with Gasteiger partial charge in [0, 0.05) is 26.8 Å². The first kappa shape index (κ1) is 36.1. The first-order valence-corrected chi connectivity index (χ1v) is 16.2. The molecule has 2 heterocycles. The second kappa shape index (κ2) is 16.5. The van der Waals surface area contributed by atoms with Crippen LogP contribution >= 0.6 is 0 Å². The Morgan fingerprint density at radius 3 is 2.44 bits per heavy atom. The largest absolute Gasteiger partial charge is 0.492 e. The number of carbonyl (C=O) groups excluding carboxylic acids is 2. The van der Waals surface area contributed by atoms with Crippen LogP contribution in [0.2, 0.25) is 0 Å². The topological polar surface area (TPSA) is 94.9 Å². The van der Waals surface area contributed by atoms with E-state index in [1.165, 1.54) is 27.8 Å². The molecule has 1 atom stereocenters. The van der Waals surface area contributed by atoms with E-state index in [-0.39, 0.29) is 42.2 Å². The van der Waals surface area contributed by atoms with Crippen molar-refractivity contribution in [1.29, 1.82) is 0 Å². The van der Waals surface area contributed by atoms with Gasteiger partial charge in [-0.2, -0.15) is 17.6 Å². The van der Waals surface area contributed by atoms with Crippen LogP contribution in [0.3, 0.4) is 0 Å². The van der Waals surface area contributed by atoms with Gasteiger partial charge in [0.15, 0.2) is 6.23 Å². The van der Waals surface area contributed by atoms with Crippen LogP contribution in [0.15, 0.2) is 84.9 Å². The Kier molecular flexibility index (Phi) is 11.9. The van der Waals surface area contributed by atoms with Gasteiger partial charge in [-0.25, -0.2) is 9.48 Å². The van der Waals surface area contributed by atoms with E-state index >= 15 is 4.39 Å². The summed E-state index contributed by atoms with van der Waals surface area (Å²) in [5.41, 5.74) is 2.04. The van der Waals surface area contributed by atoms with Gasteiger partial charge in [0.05, 0.1) is 23.9 Å². The third kappa shape index (κ3) is 9.50. The predicted molar refractivity (Wildman–Crippen MR) is 181 cm³/mol. The molecular weight excluding hydrogens is 656 g/mol. The molecular formula is C37H38F4N4O5. The van der Waals surface area contributed by atoms with Crippen molar-refractivity contribution in [2.45, 2.75) is 38.1 Å². The fourth-order valence-corrected chi connectivity index (χ4v) is 5.60. The number of alkyl halides is 3. The van der Waals surface area contributed by atoms with E-state index in [4.69, 9.17) is 14.2 Å². The first-order valence-electron chi connectivity index (χ1n) is 16.2. The molecule has 0 aliphatic carbocycles. The third-order valence-corrected chi connectivity index (χ3v) is 7.97. The van der Waals surface area contributed by atoms with Crippen LogP contribution in [0, 0.1) is 5.95 Å². The number of rotatable bonds is 12. The van der Waals surface area contributed by atoms with Crippen molar-refractivity contribution >= 4 is 34.0 Å². The van der Waals surface area contributed by atoms with Crippen molar-refractivity contribution in [2.24, 2.45) is 0 Å². The Balaban J connectivity index is 1.39. The number of amides is 2. The van der Waals surface area contributed by atoms with Crippen LogP contribution in [-0.4, -0.2) is 73.3 Å². The lowest BCUT2D eigenvalue weighted by Crippen LogP contribution is -2.28. The zero-order valence-electron chi connectivity index (χ0n) is 27.7. The number of benzene rings is 3. The normalized spacial score (nSPS) is 15.5. The van der Waals surface area contributed by atoms with Crippen LogP contribution in [-0.2, 0) is 14.3 Å². The van der Waals surface area contributed by atoms with E-state index in [2.05, 4.69) is 10.4 Å². The molecule has 5 rings (SSSR count). The quantitative estimate of drug-likeness (QED) is 0.0713. The van der Waals surface area contributed by atoms with Gasteiger partial charge in [-0.1, -0.05) is 48.5 Å². The molecule has 1 fully saturated rings. The van der Waals surface area contributed by atoms with E-state index in [1.54, 1.807) is 80.8 Å². The maximum Gasteiger partial charge on any atom is 0.407 e. The minimum atomic E-state index is -4.54. The zero-order chi connectivity index (χ0) is 35.7. The Bertz CT molecular complexity index is 1830. The van der Waals surface area contributed by atoms with Crippen LogP contribution in [0.25, 0.3) is 22.0 Å². The SMILES string of the molecule is CN(C)C(=O)/C=C/COC(=O)NCCOc1ccc(/C(=C(/CC(F)(F)F)c2ccccc2)c2ccc3c(c2)c(F)nn3C2CCCCO2)cc1. The maximum atomic E-state index is 15.3. The summed E-state index contributed by atoms with van der Waals surface area (Å²) in [6.07, 6.45) is -1.64. The van der Waals surface area contributed by atoms with Crippen molar-refractivity contribution in [1.82, 2.24) is 20.0 Å². The minimum Gasteiger partial charge on any atom is -0.492 e. The number of aromatic nitrogens is 2. The van der Waals surface area contributed by atoms with Gasteiger partial charge in [-0.3, -0.25) is 4.79 Å². The summed E-state index contributed by atoms with van der Waals surface area (Å²) in [6.45, 7) is 0.652. The van der Waals surface area contributed by atoms with Crippen LogP contribution in [0.4, 0.5) is 22.4 Å². The predicted octanol–water partition coefficient (Wildman–Crippen LogP) is 7.54. The third-order valence-electron chi connectivity index (χ3n) is 7.97. The fraction of sp³-hybridized carbons (Fsp3) is 0.324. The molecule has 1 aliphatic rings. The number of hydrogen-bond donors (Lipinski definition) is 1. The van der Waals surface area contributed by atoms with E-state index in [1.807, 2.05) is 0 Å². The lowest BCUT2D eigenvalue weighted by Gasteiger charge is -2.23. The van der Waals surface area contributed by atoms with Crippen molar-refractivity contribution in [3.8, 4) is 5.75 Å². The Morgan fingerprint density at radius 2 is 1.76 bits per heavy atom. The molecule has 0 radical (unpaired) electrons. The number of hydrogen-bond acceptors (Lipinski definition) is 6. The standard InChI is InChI=1S/C37H38F4N4O5/c1-44(2)32(46)11-8-21-50-36(47)42-19-22-48-28-16-13-26(14-17-28)34(30(24-37(39,40)41)25-9-4-3-5-10-25)27-15-18-31-29(23-27)35(38)43-45(31)33-12-6-7-20-49-33/h3-5,8-11,13-18,23,33H,6-7,12,19-22,24H2,1-2H3,(H,42,47)/b11-8+,34-30+. The second-order valence-corrected chi connectivity index (χ2v) is 11.8. The molecule has 264 valence electrons. The van der Waals surface area contributed by atoms with Gasteiger partial charge in [0.1, 0.15) is 19.0 Å². The number of ether oxygens (including phenoxy) is 3. The number of halogens is 4. The average molecular weight is 695 g/mol. The highest BCUT2D eigenvalue weighted by molar-refractivity contribution is 6.00.